The molecule has 1 saturated carbocycles. The van der Waals surface area contributed by atoms with Crippen molar-refractivity contribution in [1.29, 1.82) is 0 Å². The van der Waals surface area contributed by atoms with Crippen LogP contribution in [0.15, 0.2) is 0 Å². The van der Waals surface area contributed by atoms with Gasteiger partial charge in [-0.2, -0.15) is 5.10 Å². The van der Waals surface area contributed by atoms with Crippen LogP contribution >= 0.6 is 0 Å². The Morgan fingerprint density at radius 2 is 2.00 bits per heavy atom. The minimum atomic E-state index is -0.533. The van der Waals surface area contributed by atoms with Gasteiger partial charge in [0.15, 0.2) is 11.6 Å². The molecule has 4 heteroatoms. The summed E-state index contributed by atoms with van der Waals surface area (Å²) >= 11 is 0. The Morgan fingerprint density at radius 1 is 1.40 bits per heavy atom. The van der Waals surface area contributed by atoms with E-state index in [4.69, 9.17) is 0 Å². The number of aliphatic hydroxyl groups excluding tert-OH is 1. The van der Waals surface area contributed by atoms with Crippen LogP contribution in [-0.2, 0) is 5.41 Å². The SMILES string of the molecule is CC(O)c1nc(C(C)(C)C)nn1C1CC1. The molecule has 0 spiro atoms. The molecule has 1 aromatic rings. The number of aromatic nitrogens is 3. The van der Waals surface area contributed by atoms with Gasteiger partial charge < -0.3 is 5.11 Å². The van der Waals surface area contributed by atoms with E-state index in [9.17, 15) is 5.11 Å². The van der Waals surface area contributed by atoms with Crippen molar-refractivity contribution in [1.82, 2.24) is 14.8 Å². The molecule has 0 aliphatic heterocycles. The van der Waals surface area contributed by atoms with E-state index in [1.54, 1.807) is 6.92 Å². The summed E-state index contributed by atoms with van der Waals surface area (Å²) in [5, 5.41) is 14.1. The second-order valence-electron chi connectivity index (χ2n) is 5.40. The Labute approximate surface area is 90.3 Å². The van der Waals surface area contributed by atoms with Crippen molar-refractivity contribution in [2.75, 3.05) is 0 Å². The van der Waals surface area contributed by atoms with E-state index in [1.807, 2.05) is 4.68 Å². The van der Waals surface area contributed by atoms with Crippen molar-refractivity contribution in [2.24, 2.45) is 0 Å². The van der Waals surface area contributed by atoms with E-state index in [0.717, 1.165) is 18.7 Å². The molecular weight excluding hydrogens is 190 g/mol. The third-order valence-electron chi connectivity index (χ3n) is 2.59. The molecule has 0 amide bonds. The van der Waals surface area contributed by atoms with Crippen molar-refractivity contribution >= 4 is 0 Å². The highest BCUT2D eigenvalue weighted by atomic mass is 16.3. The third-order valence-corrected chi connectivity index (χ3v) is 2.59. The summed E-state index contributed by atoms with van der Waals surface area (Å²) in [7, 11) is 0. The molecular formula is C11H19N3O. The molecule has 1 aliphatic rings. The van der Waals surface area contributed by atoms with Crippen LogP contribution in [0, 0.1) is 0 Å². The van der Waals surface area contributed by atoms with Gasteiger partial charge in [0.1, 0.15) is 6.10 Å². The van der Waals surface area contributed by atoms with Crippen LogP contribution in [0.3, 0.4) is 0 Å². The zero-order valence-corrected chi connectivity index (χ0v) is 9.86. The maximum Gasteiger partial charge on any atom is 0.156 e. The van der Waals surface area contributed by atoms with E-state index in [1.165, 1.54) is 0 Å². The first-order chi connectivity index (χ1) is 6.89. The Kier molecular flexibility index (Phi) is 2.34. The van der Waals surface area contributed by atoms with Gasteiger partial charge in [0.2, 0.25) is 0 Å². The molecule has 4 nitrogen and oxygen atoms in total. The second-order valence-corrected chi connectivity index (χ2v) is 5.40. The lowest BCUT2D eigenvalue weighted by Gasteiger charge is -2.12. The Morgan fingerprint density at radius 3 is 2.40 bits per heavy atom. The van der Waals surface area contributed by atoms with E-state index in [0.29, 0.717) is 11.9 Å². The lowest BCUT2D eigenvalue weighted by Crippen LogP contribution is -2.14. The van der Waals surface area contributed by atoms with E-state index in [2.05, 4.69) is 30.9 Å². The fourth-order valence-electron chi connectivity index (χ4n) is 1.53. The maximum absolute atomic E-state index is 9.64. The highest BCUT2D eigenvalue weighted by molar-refractivity contribution is 5.07. The summed E-state index contributed by atoms with van der Waals surface area (Å²) in [5.41, 5.74) is -0.0518. The van der Waals surface area contributed by atoms with Crippen molar-refractivity contribution in [3.05, 3.63) is 11.6 Å². The Balaban J connectivity index is 2.40. The number of nitrogens with zero attached hydrogens (tertiary/aromatic N) is 3. The fourth-order valence-corrected chi connectivity index (χ4v) is 1.53. The predicted octanol–water partition coefficient (Wildman–Crippen LogP) is 1.96. The van der Waals surface area contributed by atoms with E-state index < -0.39 is 6.10 Å². The topological polar surface area (TPSA) is 50.9 Å². The minimum absolute atomic E-state index is 0.0518. The molecule has 1 fully saturated rings. The van der Waals surface area contributed by atoms with E-state index in [-0.39, 0.29) is 5.41 Å². The lowest BCUT2D eigenvalue weighted by atomic mass is 9.96. The average molecular weight is 209 g/mol. The number of aliphatic hydroxyl groups is 1. The van der Waals surface area contributed by atoms with Gasteiger partial charge in [0, 0.05) is 5.41 Å². The molecule has 2 rings (SSSR count). The monoisotopic (exact) mass is 209 g/mol. The van der Waals surface area contributed by atoms with Crippen molar-refractivity contribution < 1.29 is 5.11 Å². The number of hydrogen-bond donors (Lipinski definition) is 1. The summed E-state index contributed by atoms with van der Waals surface area (Å²) in [6.45, 7) is 8.01. The van der Waals surface area contributed by atoms with Crippen molar-refractivity contribution in [2.45, 2.75) is 58.1 Å². The smallest absolute Gasteiger partial charge is 0.156 e. The van der Waals surface area contributed by atoms with Gasteiger partial charge in [-0.3, -0.25) is 0 Å². The van der Waals surface area contributed by atoms with Gasteiger partial charge >= 0.3 is 0 Å². The average Bonchev–Trinajstić information content (AvgIpc) is 2.81. The van der Waals surface area contributed by atoms with Gasteiger partial charge in [0.05, 0.1) is 6.04 Å². The molecule has 15 heavy (non-hydrogen) atoms. The van der Waals surface area contributed by atoms with Gasteiger partial charge in [-0.25, -0.2) is 9.67 Å². The van der Waals surface area contributed by atoms with E-state index >= 15 is 0 Å². The van der Waals surface area contributed by atoms with Gasteiger partial charge in [-0.05, 0) is 19.8 Å². The van der Waals surface area contributed by atoms with Crippen LogP contribution in [-0.4, -0.2) is 19.9 Å². The quantitative estimate of drug-likeness (QED) is 0.810. The zero-order chi connectivity index (χ0) is 11.2. The molecule has 0 radical (unpaired) electrons. The molecule has 0 aromatic carbocycles. The molecule has 1 unspecified atom stereocenters. The first-order valence-electron chi connectivity index (χ1n) is 5.54. The summed E-state index contributed by atoms with van der Waals surface area (Å²) in [6, 6.07) is 0.471. The van der Waals surface area contributed by atoms with Crippen molar-refractivity contribution in [3.63, 3.8) is 0 Å². The van der Waals surface area contributed by atoms with Crippen LogP contribution in [0.5, 0.6) is 0 Å². The fraction of sp³-hybridized carbons (Fsp3) is 0.818. The van der Waals surface area contributed by atoms with Gasteiger partial charge in [0.25, 0.3) is 0 Å². The van der Waals surface area contributed by atoms with Crippen LogP contribution < -0.4 is 0 Å². The van der Waals surface area contributed by atoms with Crippen LogP contribution in [0.1, 0.15) is 64.3 Å². The minimum Gasteiger partial charge on any atom is -0.385 e. The Bertz CT molecular complexity index is 339. The van der Waals surface area contributed by atoms with Crippen molar-refractivity contribution in [3.8, 4) is 0 Å². The van der Waals surface area contributed by atoms with Crippen LogP contribution in [0.4, 0.5) is 0 Å². The predicted molar refractivity (Wildman–Crippen MR) is 57.6 cm³/mol. The summed E-state index contributed by atoms with van der Waals surface area (Å²) < 4.78 is 1.91. The molecule has 0 bridgehead atoms. The maximum atomic E-state index is 9.64. The zero-order valence-electron chi connectivity index (χ0n) is 9.86. The lowest BCUT2D eigenvalue weighted by molar-refractivity contribution is 0.181. The van der Waals surface area contributed by atoms with Gasteiger partial charge in [-0.15, -0.1) is 0 Å². The Hall–Kier alpha value is -0.900. The largest absolute Gasteiger partial charge is 0.385 e. The first-order valence-corrected chi connectivity index (χ1v) is 5.54. The number of hydrogen-bond acceptors (Lipinski definition) is 3. The molecule has 1 heterocycles. The van der Waals surface area contributed by atoms with Crippen LogP contribution in [0.2, 0.25) is 0 Å². The van der Waals surface area contributed by atoms with Gasteiger partial charge in [-0.1, -0.05) is 20.8 Å². The highest BCUT2D eigenvalue weighted by Gasteiger charge is 2.31. The molecule has 84 valence electrons. The molecule has 1 aromatic heterocycles. The molecule has 1 aliphatic carbocycles. The summed E-state index contributed by atoms with van der Waals surface area (Å²) in [5.74, 6) is 1.53. The normalized spacial score (nSPS) is 19.3. The third kappa shape index (κ3) is 2.04. The first kappa shape index (κ1) is 10.6. The summed E-state index contributed by atoms with van der Waals surface area (Å²) in [4.78, 5) is 4.44. The standard InChI is InChI=1S/C11H19N3O/c1-7(15)9-12-10(11(2,3)4)13-14(9)8-5-6-8/h7-8,15H,5-6H2,1-4H3. The van der Waals surface area contributed by atoms with Crippen LogP contribution in [0.25, 0.3) is 0 Å². The number of rotatable bonds is 2. The molecule has 0 saturated heterocycles. The molecule has 1 N–H and O–H groups in total. The second kappa shape index (κ2) is 3.30. The summed E-state index contributed by atoms with van der Waals surface area (Å²) in [6.07, 6.45) is 1.79. The molecule has 1 atom stereocenters. The highest BCUT2D eigenvalue weighted by Crippen LogP contribution is 2.36.